The van der Waals surface area contributed by atoms with E-state index in [9.17, 15) is 23.2 Å². The van der Waals surface area contributed by atoms with Crippen LogP contribution in [-0.2, 0) is 16.6 Å². The van der Waals surface area contributed by atoms with Crippen LogP contribution in [0.5, 0.6) is 0 Å². The van der Waals surface area contributed by atoms with Crippen molar-refractivity contribution in [1.29, 1.82) is 0 Å². The molecule has 0 aliphatic carbocycles. The predicted octanol–water partition coefficient (Wildman–Crippen LogP) is 3.04. The quantitative estimate of drug-likeness (QED) is 0.674. The smallest absolute Gasteiger partial charge is 0.263 e. The summed E-state index contributed by atoms with van der Waals surface area (Å²) in [4.78, 5) is 40.4. The van der Waals surface area contributed by atoms with Crippen LogP contribution >= 0.6 is 0 Å². The van der Waals surface area contributed by atoms with E-state index in [1.165, 1.54) is 44.6 Å². The van der Waals surface area contributed by atoms with E-state index in [0.29, 0.717) is 22.8 Å². The molecule has 0 unspecified atom stereocenters. The highest BCUT2D eigenvalue weighted by Gasteiger charge is 2.35. The number of nitrogens with one attached hydrogen (secondary N) is 1. The largest absolute Gasteiger partial charge is 0.325 e. The van der Waals surface area contributed by atoms with Crippen LogP contribution in [0.25, 0.3) is 11.3 Å². The first kappa shape index (κ1) is 21.4. The van der Waals surface area contributed by atoms with E-state index < -0.39 is 24.3 Å². The SMILES string of the molecule is Cc1cc2c(c(=O)n1C)-c1ccnn1[C@@H](C)C(=O)N2CC(=O)Nc1ccc(C(F)F)cc1. The first-order valence-corrected chi connectivity index (χ1v) is 9.93. The van der Waals surface area contributed by atoms with Gasteiger partial charge in [0, 0.05) is 30.2 Å². The van der Waals surface area contributed by atoms with E-state index in [-0.39, 0.29) is 23.2 Å². The Balaban J connectivity index is 1.71. The first-order chi connectivity index (χ1) is 15.2. The van der Waals surface area contributed by atoms with Crippen LogP contribution < -0.4 is 15.8 Å². The van der Waals surface area contributed by atoms with Crippen LogP contribution in [0.2, 0.25) is 0 Å². The average Bonchev–Trinajstić information content (AvgIpc) is 3.21. The number of nitrogens with zero attached hydrogens (tertiary/aromatic N) is 4. The molecule has 0 bridgehead atoms. The van der Waals surface area contributed by atoms with E-state index in [1.807, 2.05) is 0 Å². The summed E-state index contributed by atoms with van der Waals surface area (Å²) in [7, 11) is 1.63. The number of anilines is 2. The topological polar surface area (TPSA) is 89.2 Å². The van der Waals surface area contributed by atoms with Crippen molar-refractivity contribution in [3.63, 3.8) is 0 Å². The van der Waals surface area contributed by atoms with Crippen molar-refractivity contribution in [1.82, 2.24) is 14.3 Å². The maximum absolute atomic E-state index is 13.3. The summed E-state index contributed by atoms with van der Waals surface area (Å²) < 4.78 is 28.4. The number of halogens is 2. The Kier molecular flexibility index (Phi) is 5.37. The van der Waals surface area contributed by atoms with Crippen molar-refractivity contribution in [2.45, 2.75) is 26.3 Å². The molecule has 8 nitrogen and oxygen atoms in total. The van der Waals surface area contributed by atoms with Crippen molar-refractivity contribution < 1.29 is 18.4 Å². The molecule has 0 radical (unpaired) electrons. The van der Waals surface area contributed by atoms with Crippen LogP contribution in [0.3, 0.4) is 0 Å². The van der Waals surface area contributed by atoms with Crippen molar-refractivity contribution in [2.75, 3.05) is 16.8 Å². The highest BCUT2D eigenvalue weighted by atomic mass is 19.3. The Morgan fingerprint density at radius 1 is 1.19 bits per heavy atom. The number of hydrogen-bond acceptors (Lipinski definition) is 4. The maximum Gasteiger partial charge on any atom is 0.263 e. The molecular formula is C22H21F2N5O3. The van der Waals surface area contributed by atoms with Crippen molar-refractivity contribution in [3.8, 4) is 11.3 Å². The van der Waals surface area contributed by atoms with Crippen LogP contribution in [-0.4, -0.2) is 32.7 Å². The minimum Gasteiger partial charge on any atom is -0.325 e. The van der Waals surface area contributed by atoms with Crippen LogP contribution in [0.1, 0.15) is 30.6 Å². The third-order valence-electron chi connectivity index (χ3n) is 5.60. The van der Waals surface area contributed by atoms with Gasteiger partial charge in [0.1, 0.15) is 12.6 Å². The monoisotopic (exact) mass is 441 g/mol. The van der Waals surface area contributed by atoms with E-state index in [4.69, 9.17) is 0 Å². The molecule has 32 heavy (non-hydrogen) atoms. The number of pyridine rings is 1. The molecule has 0 fully saturated rings. The molecular weight excluding hydrogens is 420 g/mol. The maximum atomic E-state index is 13.3. The van der Waals surface area contributed by atoms with Gasteiger partial charge in [0.15, 0.2) is 0 Å². The van der Waals surface area contributed by atoms with Gasteiger partial charge >= 0.3 is 0 Å². The minimum atomic E-state index is -2.61. The van der Waals surface area contributed by atoms with E-state index >= 15 is 0 Å². The van der Waals surface area contributed by atoms with Crippen LogP contribution in [0.15, 0.2) is 47.4 Å². The summed E-state index contributed by atoms with van der Waals surface area (Å²) in [5.74, 6) is -0.927. The standard InChI is InChI=1S/C22H21F2N5O3/c1-12-10-17-19(22(32)27(12)3)16-8-9-25-29(16)13(2)21(31)28(17)11-18(30)26-15-6-4-14(5-7-15)20(23)24/h4-10,13,20H,11H2,1-3H3,(H,26,30)/t13-/m0/s1. The van der Waals surface area contributed by atoms with Gasteiger partial charge in [-0.3, -0.25) is 19.1 Å². The molecule has 0 saturated heterocycles. The molecule has 1 aliphatic rings. The van der Waals surface area contributed by atoms with Gasteiger partial charge in [0.2, 0.25) is 5.91 Å². The number of alkyl halides is 2. The van der Waals surface area contributed by atoms with Gasteiger partial charge < -0.3 is 14.8 Å². The molecule has 3 heterocycles. The lowest BCUT2D eigenvalue weighted by atomic mass is 10.1. The third kappa shape index (κ3) is 3.57. The molecule has 2 aromatic heterocycles. The number of fused-ring (bicyclic) bond motifs is 3. The number of rotatable bonds is 4. The van der Waals surface area contributed by atoms with Gasteiger partial charge in [-0.2, -0.15) is 5.10 Å². The van der Waals surface area contributed by atoms with Crippen LogP contribution in [0.4, 0.5) is 20.2 Å². The third-order valence-corrected chi connectivity index (χ3v) is 5.60. The zero-order chi connectivity index (χ0) is 23.2. The number of amides is 2. The lowest BCUT2D eigenvalue weighted by Crippen LogP contribution is -2.41. The molecule has 1 N–H and O–H groups in total. The fourth-order valence-electron chi connectivity index (χ4n) is 3.75. The molecule has 3 aromatic rings. The summed E-state index contributed by atoms with van der Waals surface area (Å²) in [6.07, 6.45) is -1.09. The Hall–Kier alpha value is -3.82. The predicted molar refractivity (Wildman–Crippen MR) is 115 cm³/mol. The molecule has 0 spiro atoms. The summed E-state index contributed by atoms with van der Waals surface area (Å²) in [6, 6.07) is 7.80. The number of hydrogen-bond donors (Lipinski definition) is 1. The second kappa shape index (κ2) is 8.03. The van der Waals surface area contributed by atoms with Gasteiger partial charge in [-0.15, -0.1) is 0 Å². The first-order valence-electron chi connectivity index (χ1n) is 9.93. The normalized spacial score (nSPS) is 15.4. The van der Waals surface area contributed by atoms with Crippen molar-refractivity contribution in [3.05, 3.63) is 64.2 Å². The molecule has 1 aromatic carbocycles. The molecule has 166 valence electrons. The van der Waals surface area contributed by atoms with Crippen LogP contribution in [0, 0.1) is 6.92 Å². The lowest BCUT2D eigenvalue weighted by molar-refractivity contribution is -0.123. The van der Waals surface area contributed by atoms with Gasteiger partial charge in [-0.05, 0) is 38.1 Å². The molecule has 2 amide bonds. The Labute approximate surface area is 182 Å². The van der Waals surface area contributed by atoms with Crippen molar-refractivity contribution in [2.24, 2.45) is 7.05 Å². The molecule has 1 atom stereocenters. The highest BCUT2D eigenvalue weighted by Crippen LogP contribution is 2.35. The van der Waals surface area contributed by atoms with Gasteiger partial charge in [0.25, 0.3) is 17.9 Å². The summed E-state index contributed by atoms with van der Waals surface area (Å²) in [5, 5.41) is 6.82. The van der Waals surface area contributed by atoms with Gasteiger partial charge in [0.05, 0.1) is 16.9 Å². The Bertz CT molecular complexity index is 1260. The zero-order valence-corrected chi connectivity index (χ0v) is 17.7. The van der Waals surface area contributed by atoms with Gasteiger partial charge in [-0.1, -0.05) is 12.1 Å². The summed E-state index contributed by atoms with van der Waals surface area (Å²) >= 11 is 0. The summed E-state index contributed by atoms with van der Waals surface area (Å²) in [6.45, 7) is 3.03. The second-order valence-corrected chi connectivity index (χ2v) is 7.64. The second-order valence-electron chi connectivity index (χ2n) is 7.64. The van der Waals surface area contributed by atoms with Crippen molar-refractivity contribution >= 4 is 23.2 Å². The Morgan fingerprint density at radius 2 is 1.88 bits per heavy atom. The molecule has 0 saturated carbocycles. The Morgan fingerprint density at radius 3 is 2.53 bits per heavy atom. The molecule has 1 aliphatic heterocycles. The van der Waals surface area contributed by atoms with Gasteiger partial charge in [-0.25, -0.2) is 8.78 Å². The minimum absolute atomic E-state index is 0.158. The van der Waals surface area contributed by atoms with E-state index in [2.05, 4.69) is 10.4 Å². The van der Waals surface area contributed by atoms with E-state index in [1.54, 1.807) is 33.0 Å². The number of aryl methyl sites for hydroxylation is 1. The molecule has 4 rings (SSSR count). The number of benzene rings is 1. The number of carbonyl (C=O) groups is 2. The lowest BCUT2D eigenvalue weighted by Gasteiger charge is -2.24. The number of carbonyl (C=O) groups excluding carboxylic acids is 2. The summed E-state index contributed by atoms with van der Waals surface area (Å²) in [5.41, 5.74) is 1.57. The fraction of sp³-hybridized carbons (Fsp3) is 0.273. The zero-order valence-electron chi connectivity index (χ0n) is 17.7. The fourth-order valence-corrected chi connectivity index (χ4v) is 3.75. The van der Waals surface area contributed by atoms with E-state index in [0.717, 1.165) is 0 Å². The average molecular weight is 441 g/mol. The number of aromatic nitrogens is 3. The highest BCUT2D eigenvalue weighted by molar-refractivity contribution is 6.07. The molecule has 10 heteroatoms.